The van der Waals surface area contributed by atoms with E-state index in [9.17, 15) is 9.90 Å². The topological polar surface area (TPSA) is 52.6 Å². The van der Waals surface area contributed by atoms with Gasteiger partial charge in [-0.25, -0.2) is 0 Å². The van der Waals surface area contributed by atoms with Crippen molar-refractivity contribution in [3.8, 4) is 0 Å². The molecule has 2 fully saturated rings. The van der Waals surface area contributed by atoms with Gasteiger partial charge in [0, 0.05) is 31.0 Å². The molecule has 2 N–H and O–H groups in total. The number of piperidine rings is 1. The highest BCUT2D eigenvalue weighted by Crippen LogP contribution is 2.60. The zero-order valence-electron chi connectivity index (χ0n) is 15.0. The first-order chi connectivity index (χ1) is 12.2. The second-order valence-electron chi connectivity index (χ2n) is 8.14. The Morgan fingerprint density at radius 3 is 2.92 bits per heavy atom. The first-order valence-electron chi connectivity index (χ1n) is 9.95. The number of aliphatic hydroxyl groups excluding tert-OH is 1. The van der Waals surface area contributed by atoms with E-state index in [1.807, 2.05) is 0 Å². The van der Waals surface area contributed by atoms with Gasteiger partial charge >= 0.3 is 0 Å². The maximum Gasteiger partial charge on any atom is 0.224 e. The number of fused-ring (bicyclic) bond motifs is 2. The highest BCUT2D eigenvalue weighted by Gasteiger charge is 2.59. The molecule has 3 aliphatic rings. The third-order valence-electron chi connectivity index (χ3n) is 6.52. The lowest BCUT2D eigenvalue weighted by atomic mass is 9.78. The molecule has 4 heteroatoms. The summed E-state index contributed by atoms with van der Waals surface area (Å²) in [5.74, 6) is 0.435. The molecule has 1 heterocycles. The average Bonchev–Trinajstić information content (AvgIpc) is 3.35. The van der Waals surface area contributed by atoms with Crippen molar-refractivity contribution in [2.45, 2.75) is 56.5 Å². The van der Waals surface area contributed by atoms with Crippen molar-refractivity contribution in [3.63, 3.8) is 0 Å². The minimum absolute atomic E-state index is 0.111. The number of aliphatic hydroxyl groups is 1. The summed E-state index contributed by atoms with van der Waals surface area (Å²) in [5, 5.41) is 12.7. The Kier molecular flexibility index (Phi) is 4.83. The molecule has 1 saturated carbocycles. The van der Waals surface area contributed by atoms with Gasteiger partial charge in [-0.1, -0.05) is 24.3 Å². The monoisotopic (exact) mass is 342 g/mol. The van der Waals surface area contributed by atoms with Gasteiger partial charge in [-0.15, -0.1) is 0 Å². The SMILES string of the molecule is O=C(NCCCN1CCC(O)CC1)C1CC12CCCc1ccccc12. The maximum absolute atomic E-state index is 12.6. The molecule has 1 aliphatic heterocycles. The van der Waals surface area contributed by atoms with E-state index in [1.54, 1.807) is 0 Å². The lowest BCUT2D eigenvalue weighted by Crippen LogP contribution is -2.38. The minimum Gasteiger partial charge on any atom is -0.393 e. The number of nitrogens with one attached hydrogen (secondary N) is 1. The molecule has 1 aromatic rings. The fraction of sp³-hybridized carbons (Fsp3) is 0.667. The summed E-state index contributed by atoms with van der Waals surface area (Å²) < 4.78 is 0. The molecule has 1 saturated heterocycles. The minimum atomic E-state index is -0.111. The molecule has 2 atom stereocenters. The lowest BCUT2D eigenvalue weighted by molar-refractivity contribution is -0.122. The van der Waals surface area contributed by atoms with E-state index < -0.39 is 0 Å². The van der Waals surface area contributed by atoms with E-state index >= 15 is 0 Å². The number of aryl methyl sites for hydroxylation is 1. The van der Waals surface area contributed by atoms with Gasteiger partial charge in [0.25, 0.3) is 0 Å². The van der Waals surface area contributed by atoms with Crippen molar-refractivity contribution in [3.05, 3.63) is 35.4 Å². The Balaban J connectivity index is 1.24. The quantitative estimate of drug-likeness (QED) is 0.807. The zero-order valence-corrected chi connectivity index (χ0v) is 15.0. The molecule has 4 rings (SSSR count). The normalized spacial score (nSPS) is 29.4. The van der Waals surface area contributed by atoms with Gasteiger partial charge < -0.3 is 15.3 Å². The number of hydrogen-bond donors (Lipinski definition) is 2. The Bertz CT molecular complexity index is 624. The average molecular weight is 342 g/mol. The van der Waals surface area contributed by atoms with Gasteiger partial charge in [0.15, 0.2) is 0 Å². The molecule has 0 aromatic heterocycles. The molecule has 1 amide bonds. The fourth-order valence-corrected chi connectivity index (χ4v) is 4.96. The van der Waals surface area contributed by atoms with Crippen LogP contribution in [0.3, 0.4) is 0 Å². The van der Waals surface area contributed by atoms with Crippen molar-refractivity contribution in [2.75, 3.05) is 26.2 Å². The third-order valence-corrected chi connectivity index (χ3v) is 6.52. The van der Waals surface area contributed by atoms with Gasteiger partial charge in [0.1, 0.15) is 0 Å². The Hall–Kier alpha value is -1.39. The van der Waals surface area contributed by atoms with Crippen molar-refractivity contribution in [2.24, 2.45) is 5.92 Å². The van der Waals surface area contributed by atoms with Gasteiger partial charge in [-0.05, 0) is 62.6 Å². The van der Waals surface area contributed by atoms with Crippen LogP contribution in [0, 0.1) is 5.92 Å². The van der Waals surface area contributed by atoms with Crippen LogP contribution in [0.4, 0.5) is 0 Å². The van der Waals surface area contributed by atoms with Crippen LogP contribution in [0.1, 0.15) is 49.7 Å². The number of benzene rings is 1. The second-order valence-corrected chi connectivity index (χ2v) is 8.14. The molecule has 1 aromatic carbocycles. The summed E-state index contributed by atoms with van der Waals surface area (Å²) in [6, 6.07) is 8.72. The molecule has 2 unspecified atom stereocenters. The number of rotatable bonds is 5. The fourth-order valence-electron chi connectivity index (χ4n) is 4.96. The second kappa shape index (κ2) is 7.08. The molecular formula is C21H30N2O2. The van der Waals surface area contributed by atoms with Crippen LogP contribution in [0.2, 0.25) is 0 Å². The molecule has 25 heavy (non-hydrogen) atoms. The van der Waals surface area contributed by atoms with E-state index in [4.69, 9.17) is 0 Å². The first kappa shape index (κ1) is 17.0. The van der Waals surface area contributed by atoms with Crippen molar-refractivity contribution in [1.29, 1.82) is 0 Å². The van der Waals surface area contributed by atoms with E-state index in [0.717, 1.165) is 64.7 Å². The van der Waals surface area contributed by atoms with Gasteiger partial charge in [0.05, 0.1) is 6.10 Å². The van der Waals surface area contributed by atoms with Gasteiger partial charge in [-0.3, -0.25) is 4.79 Å². The molecular weight excluding hydrogens is 312 g/mol. The molecule has 1 spiro atoms. The van der Waals surface area contributed by atoms with Crippen molar-refractivity contribution in [1.82, 2.24) is 10.2 Å². The predicted octanol–water partition coefficient (Wildman–Crippen LogP) is 2.24. The predicted molar refractivity (Wildman–Crippen MR) is 98.5 cm³/mol. The van der Waals surface area contributed by atoms with E-state index in [0.29, 0.717) is 0 Å². The van der Waals surface area contributed by atoms with Crippen LogP contribution in [-0.2, 0) is 16.6 Å². The van der Waals surface area contributed by atoms with E-state index in [2.05, 4.69) is 34.5 Å². The van der Waals surface area contributed by atoms with Crippen LogP contribution in [0.25, 0.3) is 0 Å². The summed E-state index contributed by atoms with van der Waals surface area (Å²) in [7, 11) is 0. The van der Waals surface area contributed by atoms with Crippen LogP contribution in [0.15, 0.2) is 24.3 Å². The van der Waals surface area contributed by atoms with Gasteiger partial charge in [-0.2, -0.15) is 0 Å². The summed E-state index contributed by atoms with van der Waals surface area (Å²) in [6.07, 6.45) is 7.22. The Morgan fingerprint density at radius 2 is 2.08 bits per heavy atom. The lowest BCUT2D eigenvalue weighted by Gasteiger charge is -2.29. The molecule has 4 nitrogen and oxygen atoms in total. The maximum atomic E-state index is 12.6. The number of hydrogen-bond acceptors (Lipinski definition) is 3. The Morgan fingerprint density at radius 1 is 1.28 bits per heavy atom. The highest BCUT2D eigenvalue weighted by atomic mass is 16.3. The summed E-state index contributed by atoms with van der Waals surface area (Å²) in [5.41, 5.74) is 3.03. The van der Waals surface area contributed by atoms with Crippen LogP contribution < -0.4 is 5.32 Å². The van der Waals surface area contributed by atoms with Crippen LogP contribution in [-0.4, -0.2) is 48.2 Å². The molecule has 0 bridgehead atoms. The molecule has 136 valence electrons. The zero-order chi connectivity index (χ0) is 17.3. The van der Waals surface area contributed by atoms with Crippen LogP contribution in [0.5, 0.6) is 0 Å². The van der Waals surface area contributed by atoms with Crippen LogP contribution >= 0.6 is 0 Å². The summed E-state index contributed by atoms with van der Waals surface area (Å²) in [6.45, 7) is 3.76. The van der Waals surface area contributed by atoms with E-state index in [-0.39, 0.29) is 23.3 Å². The molecule has 0 radical (unpaired) electrons. The highest BCUT2D eigenvalue weighted by molar-refractivity contribution is 5.84. The summed E-state index contributed by atoms with van der Waals surface area (Å²) in [4.78, 5) is 15.0. The Labute approximate surface area is 150 Å². The smallest absolute Gasteiger partial charge is 0.224 e. The summed E-state index contributed by atoms with van der Waals surface area (Å²) >= 11 is 0. The number of carbonyl (C=O) groups is 1. The van der Waals surface area contributed by atoms with Gasteiger partial charge in [0.2, 0.25) is 5.91 Å². The number of amides is 1. The largest absolute Gasteiger partial charge is 0.393 e. The van der Waals surface area contributed by atoms with Crippen molar-refractivity contribution < 1.29 is 9.90 Å². The van der Waals surface area contributed by atoms with E-state index in [1.165, 1.54) is 17.5 Å². The number of nitrogens with zero attached hydrogens (tertiary/aromatic N) is 1. The number of likely N-dealkylation sites (tertiary alicyclic amines) is 1. The third kappa shape index (κ3) is 3.47. The molecule has 2 aliphatic carbocycles. The first-order valence-corrected chi connectivity index (χ1v) is 9.95. The standard InChI is InChI=1S/C21H30N2O2/c24-17-8-13-23(14-9-17)12-4-11-22-20(25)19-15-21(19)10-3-6-16-5-1-2-7-18(16)21/h1-2,5,7,17,19,24H,3-4,6,8-15H2,(H,22,25). The number of carbonyl (C=O) groups excluding carboxylic acids is 1. The van der Waals surface area contributed by atoms with Crippen molar-refractivity contribution >= 4 is 5.91 Å².